The summed E-state index contributed by atoms with van der Waals surface area (Å²) in [6.07, 6.45) is -1.29. The van der Waals surface area contributed by atoms with Gasteiger partial charge in [0.1, 0.15) is 11.8 Å². The number of nitrogens with zero attached hydrogens (tertiary/aromatic N) is 3. The average molecular weight is 248 g/mol. The lowest BCUT2D eigenvalue weighted by atomic mass is 10.3. The molecular weight excluding hydrogens is 236 g/mol. The maximum absolute atomic E-state index is 11.3. The Labute approximate surface area is 104 Å². The topological polar surface area (TPSA) is 110 Å². The van der Waals surface area contributed by atoms with Crippen molar-refractivity contribution >= 4 is 11.7 Å². The smallest absolute Gasteiger partial charge is 0.362 e. The summed E-state index contributed by atoms with van der Waals surface area (Å²) in [5, 5.41) is 15.5. The first-order chi connectivity index (χ1) is 8.71. The van der Waals surface area contributed by atoms with Crippen LogP contribution in [0.25, 0.3) is 0 Å². The van der Waals surface area contributed by atoms with E-state index in [1.165, 1.54) is 0 Å². The van der Waals surface area contributed by atoms with Crippen molar-refractivity contribution in [3.8, 4) is 11.8 Å². The maximum Gasteiger partial charge on any atom is 0.362 e. The Hall–Kier alpha value is -2.62. The molecule has 7 nitrogen and oxygen atoms in total. The van der Waals surface area contributed by atoms with Crippen molar-refractivity contribution in [2.45, 2.75) is 13.0 Å². The van der Waals surface area contributed by atoms with Crippen LogP contribution in [0.2, 0.25) is 0 Å². The second-order valence-electron chi connectivity index (χ2n) is 3.09. The minimum absolute atomic E-state index is 0.191. The van der Waals surface area contributed by atoms with Gasteiger partial charge in [-0.1, -0.05) is 5.22 Å². The molecule has 1 atom stereocenters. The molecule has 0 bridgehead atoms. The summed E-state index contributed by atoms with van der Waals surface area (Å²) in [5.74, 6) is 4.53. The van der Waals surface area contributed by atoms with Gasteiger partial charge >= 0.3 is 5.97 Å². The van der Waals surface area contributed by atoms with Crippen molar-refractivity contribution in [3.63, 3.8) is 0 Å². The quantitative estimate of drug-likeness (QED) is 0.367. The Balaban J connectivity index is 2.71. The van der Waals surface area contributed by atoms with Gasteiger partial charge < -0.3 is 15.3 Å². The first-order valence-electron chi connectivity index (χ1n) is 5.15. The van der Waals surface area contributed by atoms with Crippen LogP contribution in [-0.4, -0.2) is 18.7 Å². The van der Waals surface area contributed by atoms with Crippen LogP contribution < -0.4 is 10.6 Å². The normalized spacial score (nSPS) is 11.8. The van der Waals surface area contributed by atoms with Crippen molar-refractivity contribution < 1.29 is 14.3 Å². The third-order valence-electron chi connectivity index (χ3n) is 1.88. The molecule has 0 amide bonds. The van der Waals surface area contributed by atoms with Crippen LogP contribution in [0, 0.1) is 11.3 Å². The molecule has 0 aliphatic carbocycles. The van der Waals surface area contributed by atoms with E-state index >= 15 is 0 Å². The Morgan fingerprint density at radius 1 is 1.50 bits per heavy atom. The molecule has 2 N–H and O–H groups in total. The van der Waals surface area contributed by atoms with E-state index in [4.69, 9.17) is 20.6 Å². The number of carbonyl (C=O) groups is 1. The zero-order valence-electron chi connectivity index (χ0n) is 9.74. The summed E-state index contributed by atoms with van der Waals surface area (Å²) in [6.45, 7) is 1.84. The molecule has 0 heterocycles. The summed E-state index contributed by atoms with van der Waals surface area (Å²) < 4.78 is 9.86. The van der Waals surface area contributed by atoms with Crippen molar-refractivity contribution in [2.75, 3.05) is 6.61 Å². The highest BCUT2D eigenvalue weighted by Gasteiger charge is 2.20. The van der Waals surface area contributed by atoms with E-state index in [0.29, 0.717) is 11.4 Å². The second-order valence-corrected chi connectivity index (χ2v) is 3.09. The molecule has 0 aromatic heterocycles. The van der Waals surface area contributed by atoms with Crippen LogP contribution >= 0.6 is 0 Å². The molecule has 1 aromatic rings. The van der Waals surface area contributed by atoms with Gasteiger partial charge in [0.15, 0.2) is 0 Å². The third-order valence-corrected chi connectivity index (χ3v) is 1.88. The highest BCUT2D eigenvalue weighted by molar-refractivity contribution is 5.78. The highest BCUT2D eigenvalue weighted by atomic mass is 16.6. The van der Waals surface area contributed by atoms with Gasteiger partial charge in [0.2, 0.25) is 0 Å². The molecule has 7 heteroatoms. The predicted octanol–water partition coefficient (Wildman–Crippen LogP) is 1.48. The molecule has 1 unspecified atom stereocenters. The number of rotatable bonds is 5. The van der Waals surface area contributed by atoms with Gasteiger partial charge in [-0.05, 0) is 31.2 Å². The average Bonchev–Trinajstić information content (AvgIpc) is 2.38. The number of nitriles is 1. The number of esters is 1. The number of carbonyl (C=O) groups excluding carboxylic acids is 1. The summed E-state index contributed by atoms with van der Waals surface area (Å²) in [5.41, 5.74) is 0.537. The lowest BCUT2D eigenvalue weighted by Gasteiger charge is -2.10. The van der Waals surface area contributed by atoms with E-state index in [9.17, 15) is 4.79 Å². The largest absolute Gasteiger partial charge is 0.464 e. The zero-order chi connectivity index (χ0) is 13.4. The van der Waals surface area contributed by atoms with Gasteiger partial charge in [0.05, 0.1) is 12.3 Å². The first kappa shape index (κ1) is 13.4. The van der Waals surface area contributed by atoms with E-state index in [0.717, 1.165) is 0 Å². The van der Waals surface area contributed by atoms with Crippen molar-refractivity contribution in [1.82, 2.24) is 0 Å². The number of benzene rings is 1. The first-order valence-corrected chi connectivity index (χ1v) is 5.15. The van der Waals surface area contributed by atoms with E-state index < -0.39 is 12.1 Å². The molecule has 18 heavy (non-hydrogen) atoms. The standard InChI is InChI=1S/C11H12N4O3/c1-2-17-11(16)10(7-12)18-9-5-3-8(4-6-9)14-15-13/h3-6,10H,2H2,1H3,(H2,13,14). The predicted molar refractivity (Wildman–Crippen MR) is 61.8 cm³/mol. The monoisotopic (exact) mass is 248 g/mol. The molecule has 0 spiro atoms. The van der Waals surface area contributed by atoms with Crippen molar-refractivity contribution in [2.24, 2.45) is 16.2 Å². The van der Waals surface area contributed by atoms with Crippen LogP contribution in [0.3, 0.4) is 0 Å². The summed E-state index contributed by atoms with van der Waals surface area (Å²) in [6, 6.07) is 7.99. The molecule has 0 saturated carbocycles. The lowest BCUT2D eigenvalue weighted by molar-refractivity contribution is -0.148. The molecule has 0 saturated heterocycles. The van der Waals surface area contributed by atoms with Crippen LogP contribution in [0.5, 0.6) is 5.75 Å². The fraction of sp³-hybridized carbons (Fsp3) is 0.273. The highest BCUT2D eigenvalue weighted by Crippen LogP contribution is 2.19. The Kier molecular flexibility index (Phi) is 5.12. The fourth-order valence-electron chi connectivity index (χ4n) is 1.14. The van der Waals surface area contributed by atoms with E-state index in [1.807, 2.05) is 0 Å². The molecule has 0 fully saturated rings. The van der Waals surface area contributed by atoms with Crippen LogP contribution in [0.15, 0.2) is 34.6 Å². The molecule has 1 rings (SSSR count). The van der Waals surface area contributed by atoms with Crippen LogP contribution in [-0.2, 0) is 9.53 Å². The summed E-state index contributed by atoms with van der Waals surface area (Å²) in [7, 11) is 0. The van der Waals surface area contributed by atoms with E-state index in [2.05, 4.69) is 10.3 Å². The number of hydrogen-bond donors (Lipinski definition) is 1. The van der Waals surface area contributed by atoms with Gasteiger partial charge in [0, 0.05) is 0 Å². The number of nitrogens with two attached hydrogens (primary N) is 1. The lowest BCUT2D eigenvalue weighted by Crippen LogP contribution is -2.27. The molecule has 0 aliphatic rings. The number of ether oxygens (including phenoxy) is 2. The van der Waals surface area contributed by atoms with Crippen molar-refractivity contribution in [1.29, 1.82) is 5.26 Å². The van der Waals surface area contributed by atoms with Gasteiger partial charge in [-0.25, -0.2) is 4.79 Å². The second kappa shape index (κ2) is 6.85. The maximum atomic E-state index is 11.3. The Morgan fingerprint density at radius 3 is 2.67 bits per heavy atom. The SMILES string of the molecule is CCOC(=O)C(C#N)Oc1ccc(N=NN)cc1. The molecular formula is C11H12N4O3. The van der Waals surface area contributed by atoms with Gasteiger partial charge in [-0.2, -0.15) is 5.26 Å². The number of hydrogen-bond acceptors (Lipinski definition) is 6. The summed E-state index contributed by atoms with van der Waals surface area (Å²) in [4.78, 5) is 11.3. The zero-order valence-corrected chi connectivity index (χ0v) is 9.74. The van der Waals surface area contributed by atoms with Gasteiger partial charge in [0.25, 0.3) is 6.10 Å². The Morgan fingerprint density at radius 2 is 2.17 bits per heavy atom. The molecule has 1 aromatic carbocycles. The van der Waals surface area contributed by atoms with Gasteiger partial charge in [-0.3, -0.25) is 0 Å². The minimum atomic E-state index is -1.29. The fourth-order valence-corrected chi connectivity index (χ4v) is 1.14. The third kappa shape index (κ3) is 3.75. The molecule has 0 radical (unpaired) electrons. The molecule has 94 valence electrons. The minimum Gasteiger partial charge on any atom is -0.464 e. The van der Waals surface area contributed by atoms with E-state index in [1.54, 1.807) is 37.3 Å². The van der Waals surface area contributed by atoms with Crippen LogP contribution in [0.1, 0.15) is 6.92 Å². The van der Waals surface area contributed by atoms with Crippen molar-refractivity contribution in [3.05, 3.63) is 24.3 Å². The van der Waals surface area contributed by atoms with Gasteiger partial charge in [-0.15, -0.1) is 5.11 Å². The summed E-state index contributed by atoms with van der Waals surface area (Å²) >= 11 is 0. The van der Waals surface area contributed by atoms with E-state index in [-0.39, 0.29) is 6.61 Å². The molecule has 0 aliphatic heterocycles. The Bertz CT molecular complexity index is 464. The van der Waals surface area contributed by atoms with Crippen LogP contribution in [0.4, 0.5) is 5.69 Å².